The van der Waals surface area contributed by atoms with Gasteiger partial charge in [0.1, 0.15) is 23.0 Å². The molecule has 0 bridgehead atoms. The van der Waals surface area contributed by atoms with Crippen molar-refractivity contribution in [1.82, 2.24) is 4.98 Å². The molecule has 1 saturated heterocycles. The van der Waals surface area contributed by atoms with Gasteiger partial charge in [0.2, 0.25) is 0 Å². The average Bonchev–Trinajstić information content (AvgIpc) is 3.39. The second-order valence-electron chi connectivity index (χ2n) is 8.20. The van der Waals surface area contributed by atoms with Gasteiger partial charge in [0.05, 0.1) is 24.4 Å². The van der Waals surface area contributed by atoms with Gasteiger partial charge in [0.15, 0.2) is 5.13 Å². The molecule has 0 unspecified atom stereocenters. The Bertz CT molecular complexity index is 1440. The summed E-state index contributed by atoms with van der Waals surface area (Å²) in [7, 11) is 1.53. The number of aliphatic hydroxyl groups excluding tert-OH is 1. The Morgan fingerprint density at radius 2 is 1.92 bits per heavy atom. The fraction of sp³-hybridized carbons (Fsp3) is 0.185. The number of nitrogens with zero attached hydrogens (tertiary/aromatic N) is 2. The summed E-state index contributed by atoms with van der Waals surface area (Å²) in [5.41, 5.74) is 1.84. The van der Waals surface area contributed by atoms with E-state index in [1.54, 1.807) is 56.3 Å². The lowest BCUT2D eigenvalue weighted by molar-refractivity contribution is -0.132. The second-order valence-corrected chi connectivity index (χ2v) is 9.62. The highest BCUT2D eigenvalue weighted by Gasteiger charge is 2.48. The summed E-state index contributed by atoms with van der Waals surface area (Å²) < 4.78 is 10.4. The van der Waals surface area contributed by atoms with E-state index in [9.17, 15) is 19.5 Å². The first-order valence-corrected chi connectivity index (χ1v) is 12.3. The molecule has 1 amide bonds. The number of Topliss-reactive ketones (excluding diaryl/α,β-unsaturated/α-hetero) is 1. The molecule has 2 heterocycles. The molecule has 2 aromatic carbocycles. The number of carbonyl (C=O) groups excluding carboxylic acids is 3. The van der Waals surface area contributed by atoms with Gasteiger partial charge in [-0.25, -0.2) is 9.78 Å². The number of methoxy groups -OCH3 is 1. The summed E-state index contributed by atoms with van der Waals surface area (Å²) >= 11 is 7.01. The monoisotopic (exact) mass is 538 g/mol. The smallest absolute Gasteiger partial charge is 0.350 e. The standard InChI is InChI=1S/C27H23ClN2O6S/c1-5-12-36-26(34)24-15(3)29-27(37-24)30-21(16-6-9-18(28)10-7-16)20(23(32)25(30)33)22(31)17-8-11-19(35-4)14(2)13-17/h5-11,13,21,31H,1,12H2,2-4H3/b22-20+/t21-/m1/s1. The lowest BCUT2D eigenvalue weighted by Gasteiger charge is -2.23. The van der Waals surface area contributed by atoms with Crippen LogP contribution in [0.15, 0.2) is 60.7 Å². The lowest BCUT2D eigenvalue weighted by atomic mass is 9.95. The molecule has 37 heavy (non-hydrogen) atoms. The molecule has 8 nitrogen and oxygen atoms in total. The number of aryl methyl sites for hydroxylation is 2. The van der Waals surface area contributed by atoms with Gasteiger partial charge in [0, 0.05) is 10.6 Å². The molecule has 0 aliphatic carbocycles. The number of hydrogen-bond acceptors (Lipinski definition) is 8. The molecule has 1 N–H and O–H groups in total. The van der Waals surface area contributed by atoms with E-state index < -0.39 is 23.7 Å². The minimum atomic E-state index is -1.01. The van der Waals surface area contributed by atoms with E-state index >= 15 is 0 Å². The SMILES string of the molecule is C=CCOC(=O)c1sc(N2C(=O)C(=O)/C(=C(/O)c3ccc(OC)c(C)c3)[C@H]2c2ccc(Cl)cc2)nc1C. The Labute approximate surface area is 222 Å². The first kappa shape index (κ1) is 26.1. The number of aromatic nitrogens is 1. The predicted octanol–water partition coefficient (Wildman–Crippen LogP) is 5.39. The van der Waals surface area contributed by atoms with Gasteiger partial charge in [-0.05, 0) is 55.3 Å². The van der Waals surface area contributed by atoms with Gasteiger partial charge in [0.25, 0.3) is 5.78 Å². The molecule has 1 aliphatic rings. The summed E-state index contributed by atoms with van der Waals surface area (Å²) in [6, 6.07) is 10.5. The summed E-state index contributed by atoms with van der Waals surface area (Å²) in [5, 5.41) is 11.9. The molecule has 4 rings (SSSR count). The van der Waals surface area contributed by atoms with Gasteiger partial charge >= 0.3 is 11.9 Å². The molecule has 3 aromatic rings. The van der Waals surface area contributed by atoms with Crippen molar-refractivity contribution in [2.75, 3.05) is 18.6 Å². The third-order valence-corrected chi connectivity index (χ3v) is 7.20. The van der Waals surface area contributed by atoms with Crippen LogP contribution in [0.1, 0.15) is 38.1 Å². The summed E-state index contributed by atoms with van der Waals surface area (Å²) in [6.07, 6.45) is 1.44. The third kappa shape index (κ3) is 4.87. The number of rotatable bonds is 7. The predicted molar refractivity (Wildman–Crippen MR) is 141 cm³/mol. The van der Waals surface area contributed by atoms with Crippen LogP contribution in [0.3, 0.4) is 0 Å². The Morgan fingerprint density at radius 1 is 1.22 bits per heavy atom. The summed E-state index contributed by atoms with van der Waals surface area (Å²) in [5.74, 6) is -2.11. The normalized spacial score (nSPS) is 16.6. The lowest BCUT2D eigenvalue weighted by Crippen LogP contribution is -2.29. The molecule has 1 atom stereocenters. The van der Waals surface area contributed by atoms with Gasteiger partial charge in [-0.15, -0.1) is 0 Å². The molecule has 1 aromatic heterocycles. The van der Waals surface area contributed by atoms with E-state index in [0.29, 0.717) is 27.6 Å². The van der Waals surface area contributed by atoms with Crippen molar-refractivity contribution >= 4 is 51.5 Å². The maximum absolute atomic E-state index is 13.4. The summed E-state index contributed by atoms with van der Waals surface area (Å²) in [4.78, 5) is 45.0. The van der Waals surface area contributed by atoms with Crippen LogP contribution in [0.2, 0.25) is 5.02 Å². The molecule has 1 aliphatic heterocycles. The van der Waals surface area contributed by atoms with E-state index in [2.05, 4.69) is 11.6 Å². The van der Waals surface area contributed by atoms with Crippen molar-refractivity contribution in [3.63, 3.8) is 0 Å². The van der Waals surface area contributed by atoms with E-state index in [1.807, 2.05) is 0 Å². The highest BCUT2D eigenvalue weighted by atomic mass is 35.5. The Morgan fingerprint density at radius 3 is 2.54 bits per heavy atom. The minimum absolute atomic E-state index is 0.0159. The van der Waals surface area contributed by atoms with E-state index in [4.69, 9.17) is 21.1 Å². The number of benzene rings is 2. The van der Waals surface area contributed by atoms with Crippen LogP contribution >= 0.6 is 22.9 Å². The van der Waals surface area contributed by atoms with Crippen LogP contribution in [0.5, 0.6) is 5.75 Å². The first-order valence-electron chi connectivity index (χ1n) is 11.1. The van der Waals surface area contributed by atoms with Crippen molar-refractivity contribution in [2.24, 2.45) is 0 Å². The number of halogens is 1. The highest BCUT2D eigenvalue weighted by molar-refractivity contribution is 7.17. The van der Waals surface area contributed by atoms with Crippen molar-refractivity contribution < 1.29 is 29.0 Å². The largest absolute Gasteiger partial charge is 0.507 e. The number of anilines is 1. The number of hydrogen-bond donors (Lipinski definition) is 1. The fourth-order valence-electron chi connectivity index (χ4n) is 4.05. The quantitative estimate of drug-likeness (QED) is 0.141. The molecular weight excluding hydrogens is 516 g/mol. The number of ether oxygens (including phenoxy) is 2. The van der Waals surface area contributed by atoms with Crippen molar-refractivity contribution in [3.05, 3.63) is 93.0 Å². The minimum Gasteiger partial charge on any atom is -0.507 e. The molecule has 0 saturated carbocycles. The number of aliphatic hydroxyl groups is 1. The number of esters is 1. The zero-order valence-electron chi connectivity index (χ0n) is 20.3. The maximum Gasteiger partial charge on any atom is 0.350 e. The van der Waals surface area contributed by atoms with Crippen LogP contribution in [-0.2, 0) is 14.3 Å². The van der Waals surface area contributed by atoms with Crippen LogP contribution in [-0.4, -0.2) is 41.5 Å². The number of amides is 1. The van der Waals surface area contributed by atoms with E-state index in [0.717, 1.165) is 16.9 Å². The molecule has 1 fully saturated rings. The van der Waals surface area contributed by atoms with Crippen molar-refractivity contribution in [3.8, 4) is 5.75 Å². The second kappa shape index (κ2) is 10.6. The molecule has 0 radical (unpaired) electrons. The Balaban J connectivity index is 1.88. The first-order chi connectivity index (χ1) is 17.7. The topological polar surface area (TPSA) is 106 Å². The van der Waals surface area contributed by atoms with Crippen LogP contribution in [0, 0.1) is 13.8 Å². The Hall–Kier alpha value is -3.95. The summed E-state index contributed by atoms with van der Waals surface area (Å²) in [6.45, 7) is 6.95. The highest BCUT2D eigenvalue weighted by Crippen LogP contribution is 2.44. The average molecular weight is 539 g/mol. The van der Waals surface area contributed by atoms with Gasteiger partial charge in [-0.3, -0.25) is 14.5 Å². The zero-order valence-corrected chi connectivity index (χ0v) is 21.9. The van der Waals surface area contributed by atoms with E-state index in [1.165, 1.54) is 18.1 Å². The van der Waals surface area contributed by atoms with Crippen LogP contribution < -0.4 is 9.64 Å². The fourth-order valence-corrected chi connectivity index (χ4v) is 5.16. The molecule has 0 spiro atoms. The van der Waals surface area contributed by atoms with Crippen molar-refractivity contribution in [1.29, 1.82) is 0 Å². The van der Waals surface area contributed by atoms with E-state index in [-0.39, 0.29) is 27.9 Å². The molecule has 10 heteroatoms. The van der Waals surface area contributed by atoms with Gasteiger partial charge in [-0.1, -0.05) is 47.7 Å². The number of thiazole rings is 1. The zero-order chi connectivity index (χ0) is 26.9. The number of ketones is 1. The molecule has 190 valence electrons. The Kier molecular flexibility index (Phi) is 7.47. The van der Waals surface area contributed by atoms with Crippen LogP contribution in [0.25, 0.3) is 5.76 Å². The van der Waals surface area contributed by atoms with Crippen molar-refractivity contribution in [2.45, 2.75) is 19.9 Å². The third-order valence-electron chi connectivity index (χ3n) is 5.81. The van der Waals surface area contributed by atoms with Gasteiger partial charge < -0.3 is 14.6 Å². The van der Waals surface area contributed by atoms with Gasteiger partial charge in [-0.2, -0.15) is 0 Å². The number of carbonyl (C=O) groups is 3. The molecular formula is C27H23ClN2O6S. The van der Waals surface area contributed by atoms with Crippen LogP contribution in [0.4, 0.5) is 5.13 Å². The maximum atomic E-state index is 13.4.